The van der Waals surface area contributed by atoms with Gasteiger partial charge in [-0.1, -0.05) is 0 Å². The van der Waals surface area contributed by atoms with E-state index in [1.807, 2.05) is 0 Å². The fourth-order valence-corrected chi connectivity index (χ4v) is 2.19. The van der Waals surface area contributed by atoms with Crippen LogP contribution >= 0.6 is 12.3 Å². The zero-order valence-electron chi connectivity index (χ0n) is 14.5. The zero-order valence-corrected chi connectivity index (χ0v) is 15.3. The SMILES string of the molecule is CCOSOc1cccnc1Oc1cc(C(F)(F)C(F)(F)C(C)(F)F)ccn1. The van der Waals surface area contributed by atoms with Crippen LogP contribution in [0.2, 0.25) is 0 Å². The summed E-state index contributed by atoms with van der Waals surface area (Å²) >= 11 is 0.602. The lowest BCUT2D eigenvalue weighted by Crippen LogP contribution is -2.50. The van der Waals surface area contributed by atoms with Gasteiger partial charge in [0.1, 0.15) is 0 Å². The summed E-state index contributed by atoms with van der Waals surface area (Å²) in [6.07, 6.45) is 2.01. The van der Waals surface area contributed by atoms with E-state index in [-0.39, 0.29) is 18.6 Å². The molecule has 0 aromatic carbocycles. The summed E-state index contributed by atoms with van der Waals surface area (Å²) in [5, 5.41) is 0. The van der Waals surface area contributed by atoms with Crippen LogP contribution in [0.3, 0.4) is 0 Å². The molecule has 0 aliphatic rings. The lowest BCUT2D eigenvalue weighted by molar-refractivity contribution is -0.308. The van der Waals surface area contributed by atoms with Gasteiger partial charge in [-0.3, -0.25) is 4.18 Å². The minimum atomic E-state index is -5.63. The third-order valence-electron chi connectivity index (χ3n) is 3.27. The van der Waals surface area contributed by atoms with Gasteiger partial charge < -0.3 is 8.92 Å². The van der Waals surface area contributed by atoms with Crippen molar-refractivity contribution in [3.05, 3.63) is 42.2 Å². The van der Waals surface area contributed by atoms with E-state index >= 15 is 0 Å². The minimum absolute atomic E-state index is 0.0327. The Kier molecular flexibility index (Phi) is 6.65. The highest BCUT2D eigenvalue weighted by molar-refractivity contribution is 7.90. The summed E-state index contributed by atoms with van der Waals surface area (Å²) in [7, 11) is 0. The van der Waals surface area contributed by atoms with E-state index in [1.165, 1.54) is 18.3 Å². The van der Waals surface area contributed by atoms with E-state index in [0.717, 1.165) is 6.20 Å². The van der Waals surface area contributed by atoms with Gasteiger partial charge in [0.25, 0.3) is 5.88 Å². The van der Waals surface area contributed by atoms with Crippen LogP contribution in [0.1, 0.15) is 19.4 Å². The standard InChI is InChI=1S/C16H14F6N2O3S/c1-3-25-28-27-11-5-4-7-24-13(11)26-12-9-10(6-8-23-12)15(19,20)16(21,22)14(2,17)18/h4-9H,3H2,1-2H3. The van der Waals surface area contributed by atoms with E-state index in [4.69, 9.17) is 13.1 Å². The maximum absolute atomic E-state index is 14.1. The average molecular weight is 428 g/mol. The maximum atomic E-state index is 14.1. The third kappa shape index (κ3) is 4.61. The first-order valence-electron chi connectivity index (χ1n) is 7.69. The van der Waals surface area contributed by atoms with Crippen molar-refractivity contribution in [2.75, 3.05) is 6.61 Å². The van der Waals surface area contributed by atoms with Crippen molar-refractivity contribution in [3.8, 4) is 17.5 Å². The predicted molar refractivity (Wildman–Crippen MR) is 87.9 cm³/mol. The van der Waals surface area contributed by atoms with E-state index < -0.39 is 29.2 Å². The number of pyridine rings is 2. The number of halogens is 6. The summed E-state index contributed by atoms with van der Waals surface area (Å²) in [6.45, 7) is 1.76. The van der Waals surface area contributed by atoms with Gasteiger partial charge in [0.15, 0.2) is 0 Å². The molecule has 0 N–H and O–H groups in total. The molecule has 2 heterocycles. The third-order valence-corrected chi connectivity index (χ3v) is 3.85. The summed E-state index contributed by atoms with van der Waals surface area (Å²) in [6, 6.07) is 3.82. The molecule has 0 aliphatic carbocycles. The highest BCUT2D eigenvalue weighted by Gasteiger charge is 2.69. The molecule has 0 saturated carbocycles. The van der Waals surface area contributed by atoms with Gasteiger partial charge in [0.05, 0.1) is 6.61 Å². The predicted octanol–water partition coefficient (Wildman–Crippen LogP) is 5.63. The molecule has 0 fully saturated rings. The first kappa shape index (κ1) is 22.1. The molecule has 154 valence electrons. The molecule has 2 aromatic heterocycles. The molecule has 0 unspecified atom stereocenters. The second-order valence-corrected chi connectivity index (χ2v) is 5.93. The molecular formula is C16H14F6N2O3S. The van der Waals surface area contributed by atoms with Crippen molar-refractivity contribution < 1.29 is 39.4 Å². The molecule has 0 spiro atoms. The molecule has 2 aromatic rings. The van der Waals surface area contributed by atoms with Crippen LogP contribution in [0.5, 0.6) is 17.5 Å². The highest BCUT2D eigenvalue weighted by atomic mass is 32.2. The van der Waals surface area contributed by atoms with Crippen LogP contribution in [0, 0.1) is 0 Å². The van der Waals surface area contributed by atoms with Gasteiger partial charge in [-0.2, -0.15) is 26.3 Å². The molecule has 0 atom stereocenters. The van der Waals surface area contributed by atoms with Gasteiger partial charge in [0, 0.05) is 30.9 Å². The van der Waals surface area contributed by atoms with Crippen LogP contribution < -0.4 is 8.92 Å². The number of ether oxygens (including phenoxy) is 1. The van der Waals surface area contributed by atoms with Gasteiger partial charge in [-0.05, 0) is 25.1 Å². The van der Waals surface area contributed by atoms with Crippen molar-refractivity contribution in [1.82, 2.24) is 9.97 Å². The normalized spacial score (nSPS) is 12.7. The molecule has 2 rings (SSSR count). The second-order valence-electron chi connectivity index (χ2n) is 5.39. The fraction of sp³-hybridized carbons (Fsp3) is 0.375. The first-order chi connectivity index (χ1) is 13.0. The quantitative estimate of drug-likeness (QED) is 0.293. The molecule has 0 bridgehead atoms. The Labute approximate surface area is 160 Å². The first-order valence-corrected chi connectivity index (χ1v) is 8.36. The zero-order chi connectivity index (χ0) is 21.0. The van der Waals surface area contributed by atoms with Crippen LogP contribution in [0.25, 0.3) is 0 Å². The molecule has 0 saturated heterocycles. The van der Waals surface area contributed by atoms with Crippen molar-refractivity contribution >= 4 is 12.3 Å². The largest absolute Gasteiger partial charge is 0.417 e. The average Bonchev–Trinajstić information content (AvgIpc) is 2.62. The highest BCUT2D eigenvalue weighted by Crippen LogP contribution is 2.51. The number of hydrogen-bond acceptors (Lipinski definition) is 6. The fourth-order valence-electron chi connectivity index (χ4n) is 1.84. The van der Waals surface area contributed by atoms with E-state index in [9.17, 15) is 26.3 Å². The van der Waals surface area contributed by atoms with Crippen molar-refractivity contribution in [2.45, 2.75) is 31.6 Å². The number of rotatable bonds is 9. The number of hydrogen-bond donors (Lipinski definition) is 0. The van der Waals surface area contributed by atoms with Gasteiger partial charge in [-0.15, -0.1) is 0 Å². The van der Waals surface area contributed by atoms with E-state index in [0.29, 0.717) is 31.1 Å². The Morgan fingerprint density at radius 1 is 1.04 bits per heavy atom. The minimum Gasteiger partial charge on any atom is -0.417 e. The molecule has 0 aliphatic heterocycles. The van der Waals surface area contributed by atoms with Gasteiger partial charge in [0.2, 0.25) is 24.0 Å². The lowest BCUT2D eigenvalue weighted by Gasteiger charge is -2.30. The number of nitrogens with zero attached hydrogens (tertiary/aromatic N) is 2. The summed E-state index contributed by atoms with van der Waals surface area (Å²) in [5.74, 6) is -16.5. The Balaban J connectivity index is 2.30. The van der Waals surface area contributed by atoms with Crippen LogP contribution in [-0.4, -0.2) is 28.4 Å². The van der Waals surface area contributed by atoms with Crippen LogP contribution in [-0.2, 0) is 10.1 Å². The Morgan fingerprint density at radius 3 is 2.39 bits per heavy atom. The Morgan fingerprint density at radius 2 is 1.75 bits per heavy atom. The molecule has 0 amide bonds. The molecule has 28 heavy (non-hydrogen) atoms. The van der Waals surface area contributed by atoms with E-state index in [1.54, 1.807) is 6.92 Å². The maximum Gasteiger partial charge on any atom is 0.375 e. The molecule has 0 radical (unpaired) electrons. The number of alkyl halides is 6. The number of aromatic nitrogens is 2. The summed E-state index contributed by atoms with van der Waals surface area (Å²) in [4.78, 5) is 7.43. The molecular weight excluding hydrogens is 414 g/mol. The second kappa shape index (κ2) is 8.43. The Hall–Kier alpha value is -2.21. The van der Waals surface area contributed by atoms with Crippen molar-refractivity contribution in [3.63, 3.8) is 0 Å². The monoisotopic (exact) mass is 428 g/mol. The van der Waals surface area contributed by atoms with Crippen molar-refractivity contribution in [2.24, 2.45) is 0 Å². The van der Waals surface area contributed by atoms with Crippen LogP contribution in [0.4, 0.5) is 26.3 Å². The van der Waals surface area contributed by atoms with Gasteiger partial charge in [-0.25, -0.2) is 9.97 Å². The Bertz CT molecular complexity index is 804. The molecule has 12 heteroatoms. The van der Waals surface area contributed by atoms with E-state index in [2.05, 4.69) is 9.97 Å². The van der Waals surface area contributed by atoms with Crippen LogP contribution in [0.15, 0.2) is 36.7 Å². The van der Waals surface area contributed by atoms with Gasteiger partial charge >= 0.3 is 17.8 Å². The summed E-state index contributed by atoms with van der Waals surface area (Å²) in [5.41, 5.74) is -1.40. The smallest absolute Gasteiger partial charge is 0.375 e. The summed E-state index contributed by atoms with van der Waals surface area (Å²) < 4.78 is 96.6. The molecule has 5 nitrogen and oxygen atoms in total. The topological polar surface area (TPSA) is 53.5 Å². The van der Waals surface area contributed by atoms with Crippen molar-refractivity contribution in [1.29, 1.82) is 0 Å². The lowest BCUT2D eigenvalue weighted by atomic mass is 9.99.